The molecule has 6 nitrogen and oxygen atoms in total. The quantitative estimate of drug-likeness (QED) is 0.550. The van der Waals surface area contributed by atoms with E-state index in [1.165, 1.54) is 18.3 Å². The third kappa shape index (κ3) is 3.07. The number of nitrogens with one attached hydrogen (secondary N) is 1. The minimum Gasteiger partial charge on any atom is -0.310 e. The Bertz CT molecular complexity index is 888. The standard InChI is InChI=1S/C18H21ClN6/c1-11-23-16-17(24-20)21-10-22-18(16)25(11)15-7-4-13(9-15)8-12-2-5-14(19)6-3-12/h2-3,5-6,10,13,15H,4,7-9,20H2,1H3,(H,21,22,24). The van der Waals surface area contributed by atoms with E-state index in [1.54, 1.807) is 0 Å². The normalized spacial score (nSPS) is 20.3. The van der Waals surface area contributed by atoms with Crippen molar-refractivity contribution < 1.29 is 0 Å². The fourth-order valence-electron chi connectivity index (χ4n) is 3.98. The van der Waals surface area contributed by atoms with Crippen molar-refractivity contribution in [2.45, 2.75) is 38.6 Å². The first-order valence-electron chi connectivity index (χ1n) is 8.56. The van der Waals surface area contributed by atoms with E-state index in [-0.39, 0.29) is 0 Å². The maximum atomic E-state index is 5.98. The zero-order valence-electron chi connectivity index (χ0n) is 14.1. The summed E-state index contributed by atoms with van der Waals surface area (Å²) in [6, 6.07) is 8.60. The van der Waals surface area contributed by atoms with Gasteiger partial charge in [0.15, 0.2) is 17.0 Å². The Morgan fingerprint density at radius 1 is 1.24 bits per heavy atom. The summed E-state index contributed by atoms with van der Waals surface area (Å²) in [4.78, 5) is 13.2. The van der Waals surface area contributed by atoms with Gasteiger partial charge in [-0.25, -0.2) is 20.8 Å². The summed E-state index contributed by atoms with van der Waals surface area (Å²) in [5, 5.41) is 0.789. The van der Waals surface area contributed by atoms with E-state index in [1.807, 2.05) is 19.1 Å². The first kappa shape index (κ1) is 16.3. The van der Waals surface area contributed by atoms with Gasteiger partial charge in [-0.3, -0.25) is 0 Å². The third-order valence-electron chi connectivity index (χ3n) is 5.11. The van der Waals surface area contributed by atoms with Gasteiger partial charge >= 0.3 is 0 Å². The Morgan fingerprint density at radius 3 is 2.80 bits per heavy atom. The van der Waals surface area contributed by atoms with Crippen molar-refractivity contribution in [3.8, 4) is 0 Å². The molecule has 0 saturated heterocycles. The number of anilines is 1. The number of hydrogen-bond donors (Lipinski definition) is 2. The fourth-order valence-corrected chi connectivity index (χ4v) is 4.11. The van der Waals surface area contributed by atoms with Gasteiger partial charge in [0.2, 0.25) is 0 Å². The first-order valence-corrected chi connectivity index (χ1v) is 8.94. The van der Waals surface area contributed by atoms with Crippen LogP contribution in [0.3, 0.4) is 0 Å². The van der Waals surface area contributed by atoms with Crippen molar-refractivity contribution >= 4 is 28.6 Å². The molecule has 1 fully saturated rings. The third-order valence-corrected chi connectivity index (χ3v) is 5.36. The number of hydrogen-bond acceptors (Lipinski definition) is 5. The average molecular weight is 357 g/mol. The number of nitrogens with two attached hydrogens (primary N) is 1. The highest BCUT2D eigenvalue weighted by atomic mass is 35.5. The van der Waals surface area contributed by atoms with Crippen LogP contribution in [0.2, 0.25) is 5.02 Å². The van der Waals surface area contributed by atoms with E-state index in [2.05, 4.69) is 37.1 Å². The molecule has 130 valence electrons. The maximum absolute atomic E-state index is 5.98. The molecule has 0 radical (unpaired) electrons. The van der Waals surface area contributed by atoms with Crippen molar-refractivity contribution in [2.24, 2.45) is 11.8 Å². The molecule has 0 bridgehead atoms. The molecule has 3 N–H and O–H groups in total. The van der Waals surface area contributed by atoms with Gasteiger partial charge in [-0.05, 0) is 56.2 Å². The zero-order valence-corrected chi connectivity index (χ0v) is 14.9. The lowest BCUT2D eigenvalue weighted by Crippen LogP contribution is -2.11. The topological polar surface area (TPSA) is 81.7 Å². The summed E-state index contributed by atoms with van der Waals surface area (Å²) < 4.78 is 2.25. The predicted molar refractivity (Wildman–Crippen MR) is 99.4 cm³/mol. The number of nitrogens with zero attached hydrogens (tertiary/aromatic N) is 4. The van der Waals surface area contributed by atoms with Crippen molar-refractivity contribution in [3.05, 3.63) is 47.0 Å². The van der Waals surface area contributed by atoms with Crippen LogP contribution >= 0.6 is 11.6 Å². The minimum atomic E-state index is 0.419. The average Bonchev–Trinajstić information content (AvgIpc) is 3.19. The molecule has 3 aromatic rings. The molecule has 25 heavy (non-hydrogen) atoms. The summed E-state index contributed by atoms with van der Waals surface area (Å²) in [6.07, 6.45) is 6.10. The van der Waals surface area contributed by atoms with E-state index >= 15 is 0 Å². The number of imidazole rings is 1. The molecule has 1 aliphatic rings. The fraction of sp³-hybridized carbons (Fsp3) is 0.389. The lowest BCUT2D eigenvalue weighted by atomic mass is 9.98. The lowest BCUT2D eigenvalue weighted by Gasteiger charge is -2.15. The van der Waals surface area contributed by atoms with Gasteiger partial charge in [-0.2, -0.15) is 0 Å². The molecule has 1 aliphatic carbocycles. The van der Waals surface area contributed by atoms with Crippen LogP contribution < -0.4 is 11.3 Å². The predicted octanol–water partition coefficient (Wildman–Crippen LogP) is 3.66. The first-order chi connectivity index (χ1) is 12.2. The molecule has 1 aromatic carbocycles. The summed E-state index contributed by atoms with van der Waals surface area (Å²) in [7, 11) is 0. The molecule has 0 amide bonds. The Labute approximate surface area is 151 Å². The van der Waals surface area contributed by atoms with Gasteiger partial charge in [0.05, 0.1) is 0 Å². The van der Waals surface area contributed by atoms with Gasteiger partial charge < -0.3 is 9.99 Å². The Hall–Kier alpha value is -2.18. The molecular formula is C18H21ClN6. The Balaban J connectivity index is 1.56. The molecule has 0 aliphatic heterocycles. The number of aromatic nitrogens is 4. The Morgan fingerprint density at radius 2 is 2.04 bits per heavy atom. The highest BCUT2D eigenvalue weighted by Crippen LogP contribution is 2.39. The number of nitrogen functional groups attached to an aromatic ring is 1. The van der Waals surface area contributed by atoms with Crippen LogP contribution in [0.15, 0.2) is 30.6 Å². The SMILES string of the molecule is Cc1nc2c(NN)ncnc2n1C1CCC(Cc2ccc(Cl)cc2)C1. The van der Waals surface area contributed by atoms with Crippen molar-refractivity contribution in [1.82, 2.24) is 19.5 Å². The summed E-state index contributed by atoms with van der Waals surface area (Å²) in [5.41, 5.74) is 5.55. The molecular weight excluding hydrogens is 336 g/mol. The van der Waals surface area contributed by atoms with Gasteiger partial charge in [-0.15, -0.1) is 0 Å². The maximum Gasteiger partial charge on any atom is 0.171 e. The van der Waals surface area contributed by atoms with E-state index < -0.39 is 0 Å². The second-order valence-electron chi connectivity index (χ2n) is 6.73. The number of halogens is 1. The second-order valence-corrected chi connectivity index (χ2v) is 7.17. The monoisotopic (exact) mass is 356 g/mol. The molecule has 7 heteroatoms. The summed E-state index contributed by atoms with van der Waals surface area (Å²) in [6.45, 7) is 2.02. The largest absolute Gasteiger partial charge is 0.310 e. The van der Waals surface area contributed by atoms with Gasteiger partial charge in [-0.1, -0.05) is 23.7 Å². The lowest BCUT2D eigenvalue weighted by molar-refractivity contribution is 0.474. The summed E-state index contributed by atoms with van der Waals surface area (Å²) in [5.74, 6) is 7.75. The molecule has 2 aromatic heterocycles. The molecule has 2 heterocycles. The van der Waals surface area contributed by atoms with Crippen LogP contribution in [0.4, 0.5) is 5.82 Å². The minimum absolute atomic E-state index is 0.419. The number of hydrazine groups is 1. The van der Waals surface area contributed by atoms with Crippen molar-refractivity contribution in [3.63, 3.8) is 0 Å². The number of benzene rings is 1. The van der Waals surface area contributed by atoms with E-state index in [4.69, 9.17) is 17.4 Å². The van der Waals surface area contributed by atoms with Crippen LogP contribution in [-0.4, -0.2) is 19.5 Å². The van der Waals surface area contributed by atoms with E-state index in [0.717, 1.165) is 41.3 Å². The van der Waals surface area contributed by atoms with E-state index in [9.17, 15) is 0 Å². The van der Waals surface area contributed by atoms with Crippen LogP contribution in [-0.2, 0) is 6.42 Å². The molecule has 2 atom stereocenters. The van der Waals surface area contributed by atoms with Crippen LogP contribution in [0.25, 0.3) is 11.2 Å². The summed E-state index contributed by atoms with van der Waals surface area (Å²) >= 11 is 5.98. The smallest absolute Gasteiger partial charge is 0.171 e. The highest BCUT2D eigenvalue weighted by molar-refractivity contribution is 6.30. The molecule has 4 rings (SSSR count). The van der Waals surface area contributed by atoms with Gasteiger partial charge in [0.25, 0.3) is 0 Å². The van der Waals surface area contributed by atoms with Crippen LogP contribution in [0, 0.1) is 12.8 Å². The van der Waals surface area contributed by atoms with Gasteiger partial charge in [0.1, 0.15) is 12.2 Å². The van der Waals surface area contributed by atoms with Crippen LogP contribution in [0.5, 0.6) is 0 Å². The van der Waals surface area contributed by atoms with Crippen LogP contribution in [0.1, 0.15) is 36.7 Å². The van der Waals surface area contributed by atoms with E-state index in [0.29, 0.717) is 17.8 Å². The highest BCUT2D eigenvalue weighted by Gasteiger charge is 2.29. The number of fused-ring (bicyclic) bond motifs is 1. The van der Waals surface area contributed by atoms with Crippen molar-refractivity contribution in [2.75, 3.05) is 5.43 Å². The molecule has 2 unspecified atom stereocenters. The number of aryl methyl sites for hydroxylation is 1. The number of rotatable bonds is 4. The van der Waals surface area contributed by atoms with Gasteiger partial charge in [0, 0.05) is 11.1 Å². The Kier molecular flexibility index (Phi) is 4.31. The second kappa shape index (κ2) is 6.61. The molecule has 1 saturated carbocycles. The zero-order chi connectivity index (χ0) is 17.4. The van der Waals surface area contributed by atoms with Crippen molar-refractivity contribution in [1.29, 1.82) is 0 Å². The molecule has 0 spiro atoms.